The van der Waals surface area contributed by atoms with Gasteiger partial charge in [0.05, 0.1) is 5.52 Å². The fourth-order valence-corrected chi connectivity index (χ4v) is 1.45. The van der Waals surface area contributed by atoms with Crippen molar-refractivity contribution in [3.63, 3.8) is 0 Å². The van der Waals surface area contributed by atoms with Crippen LogP contribution in [-0.2, 0) is 11.4 Å². The van der Waals surface area contributed by atoms with E-state index >= 15 is 0 Å². The summed E-state index contributed by atoms with van der Waals surface area (Å²) >= 11 is 0. The van der Waals surface area contributed by atoms with E-state index in [1.165, 1.54) is 0 Å². The topological polar surface area (TPSA) is 82.1 Å². The zero-order valence-corrected chi connectivity index (χ0v) is 9.37. The Hall–Kier alpha value is -2.92. The predicted molar refractivity (Wildman–Crippen MR) is 65.2 cm³/mol. The number of oxime groups is 1. The molecule has 0 bridgehead atoms. The van der Waals surface area contributed by atoms with Gasteiger partial charge in [-0.2, -0.15) is 10.5 Å². The van der Waals surface area contributed by atoms with Crippen LogP contribution in [0.2, 0.25) is 0 Å². The van der Waals surface area contributed by atoms with Gasteiger partial charge in [0.1, 0.15) is 18.7 Å². The molecular weight excluding hydrogens is 228 g/mol. The second-order valence-electron chi connectivity index (χ2n) is 3.47. The minimum Gasteiger partial charge on any atom is -0.389 e. The Morgan fingerprint density at radius 3 is 2.89 bits per heavy atom. The highest BCUT2D eigenvalue weighted by molar-refractivity contribution is 6.09. The van der Waals surface area contributed by atoms with Crippen molar-refractivity contribution in [2.75, 3.05) is 0 Å². The molecule has 2 aromatic rings. The average molecular weight is 236 g/mol. The Bertz CT molecular complexity index is 663. The van der Waals surface area contributed by atoms with Gasteiger partial charge >= 0.3 is 0 Å². The van der Waals surface area contributed by atoms with Crippen molar-refractivity contribution in [1.82, 2.24) is 4.98 Å². The van der Waals surface area contributed by atoms with Gasteiger partial charge in [-0.1, -0.05) is 17.3 Å². The number of aromatic nitrogens is 1. The molecule has 86 valence electrons. The van der Waals surface area contributed by atoms with E-state index in [1.807, 2.05) is 30.3 Å². The highest BCUT2D eigenvalue weighted by Gasteiger charge is 1.98. The highest BCUT2D eigenvalue weighted by atomic mass is 16.6. The molecule has 1 aromatic heterocycles. The first kappa shape index (κ1) is 11.6. The minimum atomic E-state index is -0.294. The average Bonchev–Trinajstić information content (AvgIpc) is 2.43. The number of benzene rings is 1. The third kappa shape index (κ3) is 2.60. The maximum atomic E-state index is 8.47. The molecule has 5 nitrogen and oxygen atoms in total. The Morgan fingerprint density at radius 1 is 1.28 bits per heavy atom. The molecule has 0 saturated heterocycles. The van der Waals surface area contributed by atoms with E-state index in [9.17, 15) is 0 Å². The Morgan fingerprint density at radius 2 is 2.11 bits per heavy atom. The first-order valence-electron chi connectivity index (χ1n) is 5.17. The number of nitriles is 2. The van der Waals surface area contributed by atoms with Crippen LogP contribution in [0.3, 0.4) is 0 Å². The van der Waals surface area contributed by atoms with Crippen molar-refractivity contribution >= 4 is 16.6 Å². The van der Waals surface area contributed by atoms with E-state index in [4.69, 9.17) is 15.4 Å². The van der Waals surface area contributed by atoms with Gasteiger partial charge in [-0.05, 0) is 23.8 Å². The molecule has 0 spiro atoms. The molecule has 0 N–H and O–H groups in total. The molecule has 0 fully saturated rings. The third-order valence-electron chi connectivity index (χ3n) is 2.27. The molecule has 1 aromatic carbocycles. The summed E-state index contributed by atoms with van der Waals surface area (Å²) in [5, 5.41) is 21.4. The summed E-state index contributed by atoms with van der Waals surface area (Å²) in [6.45, 7) is 0.206. The van der Waals surface area contributed by atoms with E-state index in [1.54, 1.807) is 18.3 Å². The summed E-state index contributed by atoms with van der Waals surface area (Å²) in [7, 11) is 0. The fourth-order valence-electron chi connectivity index (χ4n) is 1.45. The van der Waals surface area contributed by atoms with Crippen molar-refractivity contribution in [2.24, 2.45) is 5.16 Å². The molecule has 0 amide bonds. The van der Waals surface area contributed by atoms with Gasteiger partial charge in [0.25, 0.3) is 5.71 Å². The number of rotatable bonds is 3. The van der Waals surface area contributed by atoms with Crippen LogP contribution >= 0.6 is 0 Å². The number of hydrogen-bond acceptors (Lipinski definition) is 5. The summed E-state index contributed by atoms with van der Waals surface area (Å²) in [6, 6.07) is 12.7. The normalized spacial score (nSPS) is 9.22. The highest BCUT2D eigenvalue weighted by Crippen LogP contribution is 2.13. The predicted octanol–water partition coefficient (Wildman–Crippen LogP) is 2.15. The first-order valence-corrected chi connectivity index (χ1v) is 5.17. The van der Waals surface area contributed by atoms with Crippen LogP contribution in [0.25, 0.3) is 10.9 Å². The largest absolute Gasteiger partial charge is 0.389 e. The van der Waals surface area contributed by atoms with Crippen LogP contribution in [0.4, 0.5) is 0 Å². The summed E-state index contributed by atoms with van der Waals surface area (Å²) in [4.78, 5) is 9.14. The lowest BCUT2D eigenvalue weighted by atomic mass is 10.1. The fraction of sp³-hybridized carbons (Fsp3) is 0.0769. The number of nitrogens with zero attached hydrogens (tertiary/aromatic N) is 4. The molecule has 0 aliphatic heterocycles. The summed E-state index contributed by atoms with van der Waals surface area (Å²) in [5.74, 6) is 0. The lowest BCUT2D eigenvalue weighted by Gasteiger charge is -2.01. The quantitative estimate of drug-likeness (QED) is 0.604. The zero-order valence-electron chi connectivity index (χ0n) is 9.37. The van der Waals surface area contributed by atoms with Gasteiger partial charge in [0.2, 0.25) is 0 Å². The zero-order chi connectivity index (χ0) is 12.8. The molecule has 0 atom stereocenters. The Balaban J connectivity index is 2.12. The molecule has 0 aliphatic carbocycles. The van der Waals surface area contributed by atoms with Crippen molar-refractivity contribution < 1.29 is 4.84 Å². The Kier molecular flexibility index (Phi) is 3.48. The maximum absolute atomic E-state index is 8.47. The minimum absolute atomic E-state index is 0.206. The second-order valence-corrected chi connectivity index (χ2v) is 3.47. The van der Waals surface area contributed by atoms with Crippen molar-refractivity contribution in [2.45, 2.75) is 6.61 Å². The monoisotopic (exact) mass is 236 g/mol. The van der Waals surface area contributed by atoms with E-state index in [-0.39, 0.29) is 12.3 Å². The maximum Gasteiger partial charge on any atom is 0.256 e. The summed E-state index contributed by atoms with van der Waals surface area (Å²) < 4.78 is 0. The number of hydrogen-bond donors (Lipinski definition) is 0. The lowest BCUT2D eigenvalue weighted by molar-refractivity contribution is 0.131. The molecule has 5 heteroatoms. The van der Waals surface area contributed by atoms with Crippen molar-refractivity contribution in [1.29, 1.82) is 10.5 Å². The molecule has 0 saturated carbocycles. The molecule has 1 heterocycles. The molecule has 0 radical (unpaired) electrons. The van der Waals surface area contributed by atoms with E-state index < -0.39 is 0 Å². The molecule has 0 unspecified atom stereocenters. The second kappa shape index (κ2) is 5.42. The van der Waals surface area contributed by atoms with Crippen LogP contribution < -0.4 is 0 Å². The lowest BCUT2D eigenvalue weighted by Crippen LogP contribution is -1.93. The van der Waals surface area contributed by atoms with E-state index in [0.29, 0.717) is 0 Å². The smallest absolute Gasteiger partial charge is 0.256 e. The van der Waals surface area contributed by atoms with Gasteiger partial charge in [0, 0.05) is 11.6 Å². The number of pyridine rings is 1. The van der Waals surface area contributed by atoms with Gasteiger partial charge in [-0.3, -0.25) is 4.98 Å². The van der Waals surface area contributed by atoms with E-state index in [0.717, 1.165) is 16.5 Å². The SMILES string of the molecule is N#CC(C#N)=NOCc1ccc2ncccc2c1. The third-order valence-corrected chi connectivity index (χ3v) is 2.27. The number of fused-ring (bicyclic) bond motifs is 1. The van der Waals surface area contributed by atoms with Gasteiger partial charge in [-0.25, -0.2) is 0 Å². The summed E-state index contributed by atoms with van der Waals surface area (Å²) in [6.07, 6.45) is 1.73. The van der Waals surface area contributed by atoms with Gasteiger partial charge < -0.3 is 4.84 Å². The first-order chi connectivity index (χ1) is 8.83. The Labute approximate surface area is 104 Å². The van der Waals surface area contributed by atoms with E-state index in [2.05, 4.69) is 10.1 Å². The van der Waals surface area contributed by atoms with Gasteiger partial charge in [0.15, 0.2) is 0 Å². The molecule has 2 rings (SSSR count). The molecule has 18 heavy (non-hydrogen) atoms. The van der Waals surface area contributed by atoms with Crippen LogP contribution in [-0.4, -0.2) is 10.7 Å². The van der Waals surface area contributed by atoms with Crippen molar-refractivity contribution in [3.8, 4) is 12.1 Å². The molecular formula is C13H8N4O. The van der Waals surface area contributed by atoms with Crippen LogP contribution in [0.5, 0.6) is 0 Å². The van der Waals surface area contributed by atoms with Crippen LogP contribution in [0.1, 0.15) is 5.56 Å². The summed E-state index contributed by atoms with van der Waals surface area (Å²) in [5.41, 5.74) is 1.51. The van der Waals surface area contributed by atoms with Gasteiger partial charge in [-0.15, -0.1) is 0 Å². The van der Waals surface area contributed by atoms with Crippen LogP contribution in [0, 0.1) is 22.7 Å². The van der Waals surface area contributed by atoms with Crippen molar-refractivity contribution in [3.05, 3.63) is 42.1 Å². The standard InChI is InChI=1S/C13H8N4O/c14-7-12(8-15)17-18-9-10-3-4-13-11(6-10)2-1-5-16-13/h1-6H,9H2. The molecule has 0 aliphatic rings. The van der Waals surface area contributed by atoms with Crippen LogP contribution in [0.15, 0.2) is 41.7 Å².